The van der Waals surface area contributed by atoms with Gasteiger partial charge < -0.3 is 30.1 Å². The number of piperazine rings is 1. The summed E-state index contributed by atoms with van der Waals surface area (Å²) in [6.45, 7) is 7.57. The van der Waals surface area contributed by atoms with Crippen LogP contribution in [0.4, 0.5) is 45.5 Å². The van der Waals surface area contributed by atoms with Crippen molar-refractivity contribution >= 4 is 23.8 Å². The van der Waals surface area contributed by atoms with Crippen LogP contribution in [0, 0.1) is 11.3 Å². The summed E-state index contributed by atoms with van der Waals surface area (Å²) in [5.41, 5.74) is -1.35. The minimum Gasteiger partial charge on any atom is -0.475 e. The molecule has 1 aromatic rings. The van der Waals surface area contributed by atoms with Crippen LogP contribution in [0.1, 0.15) is 45.2 Å². The monoisotopic (exact) mass is 683 g/mol. The van der Waals surface area contributed by atoms with Crippen LogP contribution in [0.25, 0.3) is 0 Å². The third-order valence-corrected chi connectivity index (χ3v) is 7.62. The molecule has 3 N–H and O–H groups in total. The van der Waals surface area contributed by atoms with Gasteiger partial charge in [-0.3, -0.25) is 4.79 Å². The van der Waals surface area contributed by atoms with E-state index >= 15 is 0 Å². The zero-order valence-electron chi connectivity index (χ0n) is 24.7. The van der Waals surface area contributed by atoms with E-state index in [0.29, 0.717) is 44.2 Å². The highest BCUT2D eigenvalue weighted by molar-refractivity contribution is 5.83. The highest BCUT2D eigenvalue weighted by Gasteiger charge is 2.45. The number of nitrogens with one attached hydrogen (secondary N) is 1. The Morgan fingerprint density at radius 2 is 1.50 bits per heavy atom. The summed E-state index contributed by atoms with van der Waals surface area (Å²) < 4.78 is 108. The van der Waals surface area contributed by atoms with E-state index in [0.717, 1.165) is 51.2 Å². The van der Waals surface area contributed by atoms with Gasteiger partial charge in [0.05, 0.1) is 6.61 Å². The zero-order valence-corrected chi connectivity index (χ0v) is 24.7. The SMILES string of the molecule is CC1COCC[C@H]1N[C@@H]1CC[C@](C)(C(=O)N2CCN(c3nccc(C(F)(F)F)n3)CC2)C1.O=C(O)C(F)(F)F.O=C(O)C(F)(F)F. The number of anilines is 1. The van der Waals surface area contributed by atoms with Crippen LogP contribution in [-0.2, 0) is 25.3 Å². The summed E-state index contributed by atoms with van der Waals surface area (Å²) in [7, 11) is 0. The van der Waals surface area contributed by atoms with Gasteiger partial charge >= 0.3 is 30.5 Å². The van der Waals surface area contributed by atoms with Crippen LogP contribution in [0.5, 0.6) is 0 Å². The molecule has 2 aliphatic heterocycles. The molecule has 3 fully saturated rings. The maximum Gasteiger partial charge on any atom is 0.490 e. The number of rotatable bonds is 4. The maximum absolute atomic E-state index is 13.3. The topological polar surface area (TPSA) is 145 Å². The summed E-state index contributed by atoms with van der Waals surface area (Å²) >= 11 is 0. The van der Waals surface area contributed by atoms with Crippen molar-refractivity contribution in [2.24, 2.45) is 11.3 Å². The molecule has 0 radical (unpaired) electrons. The fourth-order valence-corrected chi connectivity index (χ4v) is 5.16. The summed E-state index contributed by atoms with van der Waals surface area (Å²) in [5, 5.41) is 18.0. The molecular weight excluding hydrogens is 649 g/mol. The van der Waals surface area contributed by atoms with E-state index in [2.05, 4.69) is 22.2 Å². The lowest BCUT2D eigenvalue weighted by molar-refractivity contribution is -0.193. The van der Waals surface area contributed by atoms with Gasteiger partial charge in [-0.1, -0.05) is 13.8 Å². The van der Waals surface area contributed by atoms with Crippen molar-refractivity contribution in [2.45, 2.75) is 70.1 Å². The second kappa shape index (κ2) is 15.4. The van der Waals surface area contributed by atoms with E-state index < -0.39 is 41.6 Å². The molecule has 1 aliphatic carbocycles. The van der Waals surface area contributed by atoms with E-state index in [4.69, 9.17) is 24.5 Å². The van der Waals surface area contributed by atoms with Crippen LogP contribution < -0.4 is 10.2 Å². The van der Waals surface area contributed by atoms with E-state index in [1.807, 2.05) is 11.8 Å². The molecular formula is C26H34F9N5O6. The third kappa shape index (κ3) is 11.4. The average Bonchev–Trinajstić information content (AvgIpc) is 3.34. The van der Waals surface area contributed by atoms with Crippen molar-refractivity contribution in [3.63, 3.8) is 0 Å². The number of carbonyl (C=O) groups excluding carboxylic acids is 1. The van der Waals surface area contributed by atoms with Crippen LogP contribution in [-0.4, -0.2) is 107 Å². The second-order valence-corrected chi connectivity index (χ2v) is 11.2. The molecule has 1 aromatic heterocycles. The number of aliphatic carboxylic acids is 2. The number of carbonyl (C=O) groups is 3. The summed E-state index contributed by atoms with van der Waals surface area (Å²) in [6.07, 6.45) is -9.90. The Morgan fingerprint density at radius 1 is 0.957 bits per heavy atom. The zero-order chi connectivity index (χ0) is 35.1. The number of nitrogens with zero attached hydrogens (tertiary/aromatic N) is 4. The molecule has 4 atom stereocenters. The van der Waals surface area contributed by atoms with E-state index in [9.17, 15) is 44.3 Å². The minimum absolute atomic E-state index is 0.0637. The minimum atomic E-state index is -5.08. The quantitative estimate of drug-likeness (QED) is 0.399. The van der Waals surface area contributed by atoms with Crippen LogP contribution in [0.15, 0.2) is 12.3 Å². The van der Waals surface area contributed by atoms with Gasteiger partial charge in [0.15, 0.2) is 0 Å². The standard InChI is InChI=1S/C22H32F3N5O2.2C2HF3O2/c1-15-14-32-12-5-17(15)27-16-3-6-21(2,13-16)19(31)29-8-10-30(11-9-29)20-26-7-4-18(28-20)22(23,24)25;2*3-2(4,5)1(6)7/h4,7,15-17,27H,3,5-6,8-14H2,1-2H3;2*(H,6,7)/t15?,16-,17-,21+;;/m1../s1. The molecule has 2 saturated heterocycles. The van der Waals surface area contributed by atoms with Crippen molar-refractivity contribution in [2.75, 3.05) is 44.3 Å². The van der Waals surface area contributed by atoms with Gasteiger partial charge in [0.1, 0.15) is 5.69 Å². The Morgan fingerprint density at radius 3 is 1.98 bits per heavy atom. The maximum atomic E-state index is 13.3. The van der Waals surface area contributed by atoms with Crippen LogP contribution >= 0.6 is 0 Å². The number of carboxylic acids is 2. The number of halogens is 9. The number of hydrogen-bond donors (Lipinski definition) is 3. The van der Waals surface area contributed by atoms with Crippen molar-refractivity contribution in [1.29, 1.82) is 0 Å². The molecule has 46 heavy (non-hydrogen) atoms. The Bertz CT molecular complexity index is 1170. The first-order chi connectivity index (χ1) is 21.0. The van der Waals surface area contributed by atoms with E-state index in [1.54, 1.807) is 4.90 Å². The molecule has 1 saturated carbocycles. The van der Waals surface area contributed by atoms with Gasteiger partial charge in [0.25, 0.3) is 0 Å². The number of hydrogen-bond acceptors (Lipinski definition) is 8. The molecule has 1 amide bonds. The molecule has 20 heteroatoms. The van der Waals surface area contributed by atoms with Crippen LogP contribution in [0.3, 0.4) is 0 Å². The predicted octanol–water partition coefficient (Wildman–Crippen LogP) is 3.98. The van der Waals surface area contributed by atoms with Crippen molar-refractivity contribution in [3.05, 3.63) is 18.0 Å². The van der Waals surface area contributed by atoms with Gasteiger partial charge in [0.2, 0.25) is 11.9 Å². The number of amides is 1. The Balaban J connectivity index is 0.000000440. The largest absolute Gasteiger partial charge is 0.490 e. The molecule has 1 unspecified atom stereocenters. The summed E-state index contributed by atoms with van der Waals surface area (Å²) in [5.74, 6) is -4.84. The number of carboxylic acid groups (broad SMARTS) is 2. The number of alkyl halides is 9. The highest BCUT2D eigenvalue weighted by atomic mass is 19.4. The molecule has 11 nitrogen and oxygen atoms in total. The van der Waals surface area contributed by atoms with Gasteiger partial charge in [-0.15, -0.1) is 0 Å². The van der Waals surface area contributed by atoms with Gasteiger partial charge in [-0.2, -0.15) is 39.5 Å². The van der Waals surface area contributed by atoms with Crippen molar-refractivity contribution < 1.29 is 68.8 Å². The second-order valence-electron chi connectivity index (χ2n) is 11.2. The smallest absolute Gasteiger partial charge is 0.475 e. The lowest BCUT2D eigenvalue weighted by Gasteiger charge is -2.39. The molecule has 262 valence electrons. The van der Waals surface area contributed by atoms with Gasteiger partial charge in [-0.05, 0) is 37.7 Å². The average molecular weight is 684 g/mol. The number of aromatic nitrogens is 2. The van der Waals surface area contributed by atoms with Crippen LogP contribution in [0.2, 0.25) is 0 Å². The number of ether oxygens (including phenoxy) is 1. The fourth-order valence-electron chi connectivity index (χ4n) is 5.16. The van der Waals surface area contributed by atoms with E-state index in [-0.39, 0.29) is 11.9 Å². The molecule has 4 rings (SSSR count). The lowest BCUT2D eigenvalue weighted by Crippen LogP contribution is -2.53. The molecule has 3 aliphatic rings. The van der Waals surface area contributed by atoms with Gasteiger partial charge in [0, 0.05) is 56.5 Å². The normalized spacial score (nSPS) is 25.5. The lowest BCUT2D eigenvalue weighted by atomic mass is 9.86. The van der Waals surface area contributed by atoms with Crippen molar-refractivity contribution in [3.8, 4) is 0 Å². The molecule has 0 bridgehead atoms. The first-order valence-electron chi connectivity index (χ1n) is 13.9. The first kappa shape index (κ1) is 38.8. The highest BCUT2D eigenvalue weighted by Crippen LogP contribution is 2.40. The van der Waals surface area contributed by atoms with Crippen molar-refractivity contribution in [1.82, 2.24) is 20.2 Å². The molecule has 0 spiro atoms. The third-order valence-electron chi connectivity index (χ3n) is 7.62. The first-order valence-corrected chi connectivity index (χ1v) is 13.9. The van der Waals surface area contributed by atoms with E-state index in [1.165, 1.54) is 0 Å². The predicted molar refractivity (Wildman–Crippen MR) is 140 cm³/mol. The summed E-state index contributed by atoms with van der Waals surface area (Å²) in [6, 6.07) is 1.63. The Kier molecular flexibility index (Phi) is 13.0. The Labute approximate surface area is 257 Å². The molecule has 3 heterocycles. The summed E-state index contributed by atoms with van der Waals surface area (Å²) in [4.78, 5) is 42.4. The fraction of sp³-hybridized carbons (Fsp3) is 0.731. The molecule has 0 aromatic carbocycles. The van der Waals surface area contributed by atoms with Gasteiger partial charge in [-0.25, -0.2) is 19.6 Å². The Hall–Kier alpha value is -3.42.